The number of benzene rings is 8. The molecule has 0 radical (unpaired) electrons. The molecule has 6 fully saturated rings. The summed E-state index contributed by atoms with van der Waals surface area (Å²) in [6, 6.07) is 69.2. The predicted octanol–water partition coefficient (Wildman–Crippen LogP) is 24.4. The Balaban J connectivity index is 0.000000181. The van der Waals surface area contributed by atoms with Gasteiger partial charge in [-0.1, -0.05) is 274 Å². The Morgan fingerprint density at radius 2 is 0.588 bits per heavy atom. The average molecular weight is 1550 g/mol. The number of aryl methyl sites for hydroxylation is 2. The van der Waals surface area contributed by atoms with Gasteiger partial charge >= 0.3 is 0 Å². The van der Waals surface area contributed by atoms with Crippen LogP contribution in [0.2, 0.25) is 0 Å². The summed E-state index contributed by atoms with van der Waals surface area (Å²) in [4.78, 5) is 14.9. The van der Waals surface area contributed by atoms with Gasteiger partial charge < -0.3 is 28.7 Å². The van der Waals surface area contributed by atoms with Crippen molar-refractivity contribution in [3.63, 3.8) is 0 Å². The van der Waals surface area contributed by atoms with E-state index in [1.807, 2.05) is 0 Å². The van der Waals surface area contributed by atoms with E-state index in [1.165, 1.54) is 167 Å². The maximum atomic E-state index is 5.36. The van der Waals surface area contributed by atoms with Crippen molar-refractivity contribution in [2.24, 2.45) is 0 Å². The van der Waals surface area contributed by atoms with E-state index in [-0.39, 0.29) is 0 Å². The molecule has 6 heterocycles. The summed E-state index contributed by atoms with van der Waals surface area (Å²) in [6.45, 7) is 63.6. The van der Waals surface area contributed by atoms with Crippen molar-refractivity contribution in [3.05, 3.63) is 266 Å². The number of morpholine rings is 3. The van der Waals surface area contributed by atoms with Gasteiger partial charge in [0.1, 0.15) is 5.75 Å². The molecular formula is C104H154N6O4. The van der Waals surface area contributed by atoms with Gasteiger partial charge in [0.15, 0.2) is 0 Å². The molecule has 0 aromatic heterocycles. The van der Waals surface area contributed by atoms with E-state index in [0.29, 0.717) is 47.3 Å². The molecule has 6 aliphatic rings. The van der Waals surface area contributed by atoms with Crippen LogP contribution < -0.4 is 14.5 Å². The number of hydrogen-bond donors (Lipinski definition) is 0. The zero-order valence-corrected chi connectivity index (χ0v) is 74.8. The van der Waals surface area contributed by atoms with E-state index in [9.17, 15) is 0 Å². The molecule has 8 aromatic rings. The van der Waals surface area contributed by atoms with Crippen molar-refractivity contribution in [2.45, 2.75) is 237 Å². The van der Waals surface area contributed by atoms with Gasteiger partial charge in [-0.05, 0) is 235 Å². The second-order valence-electron chi connectivity index (χ2n) is 34.9. The zero-order valence-electron chi connectivity index (χ0n) is 74.8. The van der Waals surface area contributed by atoms with Crippen LogP contribution in [0.3, 0.4) is 0 Å². The topological polar surface area (TPSA) is 56.4 Å². The minimum Gasteiger partial charge on any atom is -0.496 e. The molecule has 0 atom stereocenters. The van der Waals surface area contributed by atoms with Gasteiger partial charge in [-0.3, -0.25) is 19.6 Å². The fraction of sp³-hybridized carbons (Fsp3) is 0.538. The molecule has 6 saturated heterocycles. The molecule has 114 heavy (non-hydrogen) atoms. The van der Waals surface area contributed by atoms with Crippen molar-refractivity contribution in [1.82, 2.24) is 19.6 Å². The Bertz CT molecular complexity index is 3830. The van der Waals surface area contributed by atoms with Crippen LogP contribution >= 0.6 is 0 Å². The van der Waals surface area contributed by atoms with Crippen LogP contribution in [0.1, 0.15) is 275 Å². The molecule has 8 aromatic carbocycles. The summed E-state index contributed by atoms with van der Waals surface area (Å²) >= 11 is 0. The van der Waals surface area contributed by atoms with E-state index < -0.39 is 0 Å². The Hall–Kier alpha value is -7.12. The molecule has 0 N–H and O–H groups in total. The fourth-order valence-corrected chi connectivity index (χ4v) is 14.8. The molecule has 6 aliphatic heterocycles. The highest BCUT2D eigenvalue weighted by atomic mass is 16.5. The molecule has 0 amide bonds. The third-order valence-electron chi connectivity index (χ3n) is 22.9. The predicted molar refractivity (Wildman–Crippen MR) is 491 cm³/mol. The molecule has 0 bridgehead atoms. The van der Waals surface area contributed by atoms with Gasteiger partial charge in [-0.2, -0.15) is 0 Å². The number of methoxy groups -OCH3 is 1. The van der Waals surface area contributed by atoms with Crippen molar-refractivity contribution >= 4 is 11.4 Å². The molecule has 0 aliphatic carbocycles. The number of nitrogens with zero attached hydrogens (tertiary/aromatic N) is 6. The summed E-state index contributed by atoms with van der Waals surface area (Å²) in [5.74, 6) is 5.99. The Morgan fingerprint density at radius 1 is 0.281 bits per heavy atom. The fourth-order valence-electron chi connectivity index (χ4n) is 14.8. The van der Waals surface area contributed by atoms with Crippen LogP contribution in [0.25, 0.3) is 0 Å². The lowest BCUT2D eigenvalue weighted by molar-refractivity contribution is 0.0342. The maximum Gasteiger partial charge on any atom is 0.122 e. The van der Waals surface area contributed by atoms with Crippen molar-refractivity contribution in [2.75, 3.05) is 142 Å². The third kappa shape index (κ3) is 35.0. The quantitative estimate of drug-likeness (QED) is 0.0738. The normalized spacial score (nSPS) is 16.1. The minimum absolute atomic E-state index is 0.569. The first-order valence-electron chi connectivity index (χ1n) is 44.3. The van der Waals surface area contributed by atoms with E-state index in [2.05, 4.69) is 342 Å². The van der Waals surface area contributed by atoms with Crippen LogP contribution in [0.15, 0.2) is 188 Å². The summed E-state index contributed by atoms with van der Waals surface area (Å²) < 4.78 is 21.3. The summed E-state index contributed by atoms with van der Waals surface area (Å²) in [5.41, 5.74) is 22.5. The van der Waals surface area contributed by atoms with Gasteiger partial charge in [0, 0.05) is 89.9 Å². The molecule has 10 nitrogen and oxygen atoms in total. The summed E-state index contributed by atoms with van der Waals surface area (Å²) in [5, 5.41) is 0. The van der Waals surface area contributed by atoms with Gasteiger partial charge in [0.05, 0.1) is 46.8 Å². The standard InChI is InChI=1S/C15H23NO.C14H21NO.2C14H21N.C13H19NO.C13H19N.C11H16O.C10H14/c1-13(2)15-5-3-14(4-6-15)7-8-16-9-11-17-12-10-16;1-12(2)14-5-3-13(4-6-14)11-15-7-9-16-10-8-15;1-12(2)14-7-5-13(6-8-14)11-15-9-3-4-10-15;1-12(2)14-7-5-6-13(10-14)11-15-8-3-4-9-15;1-11(2)12-4-3-5-13(10-12)14-6-8-15-9-7-14;1-11(2)12-6-5-7-13(10-12)14-8-3-4-9-14;1-8(2)10-6-5-9(3)11(7-10)12-4;1-8(2)10-6-4-9(3)5-7-10/h3-6,13H,7-12H2,1-2H3;3-6,12H,7-11H2,1-2H3;5-8,12H,3-4,9-11H2,1-2H3;5-7,10,12H,3-4,8-9,11H2,1-2H3;3-5,10-11H,6-9H2,1-2H3;5-7,10-11H,3-4,8-9H2,1-2H3;5-8H,1-4H3;4-8H,1-3H3. The van der Waals surface area contributed by atoms with Gasteiger partial charge in [0.25, 0.3) is 0 Å². The summed E-state index contributed by atoms with van der Waals surface area (Å²) in [6.07, 6.45) is 9.37. The van der Waals surface area contributed by atoms with Crippen LogP contribution in [-0.4, -0.2) is 151 Å². The lowest BCUT2D eigenvalue weighted by Crippen LogP contribution is -2.37. The highest BCUT2D eigenvalue weighted by molar-refractivity contribution is 5.51. The second kappa shape index (κ2) is 51.8. The lowest BCUT2D eigenvalue weighted by Gasteiger charge is -2.29. The molecule has 0 spiro atoms. The van der Waals surface area contributed by atoms with Gasteiger partial charge in [-0.25, -0.2) is 0 Å². The minimum atomic E-state index is 0.569. The van der Waals surface area contributed by atoms with E-state index in [0.717, 1.165) is 117 Å². The van der Waals surface area contributed by atoms with Crippen LogP contribution in [0.5, 0.6) is 5.75 Å². The van der Waals surface area contributed by atoms with Crippen molar-refractivity contribution in [3.8, 4) is 5.75 Å². The molecule has 10 heteroatoms. The molecule has 0 saturated carbocycles. The van der Waals surface area contributed by atoms with E-state index in [4.69, 9.17) is 18.9 Å². The smallest absolute Gasteiger partial charge is 0.122 e. The maximum absolute atomic E-state index is 5.36. The number of anilines is 2. The van der Waals surface area contributed by atoms with Crippen LogP contribution in [-0.2, 0) is 40.3 Å². The summed E-state index contributed by atoms with van der Waals surface area (Å²) in [7, 11) is 1.71. The Morgan fingerprint density at radius 3 is 0.982 bits per heavy atom. The Kier molecular flexibility index (Phi) is 42.8. The van der Waals surface area contributed by atoms with Gasteiger partial charge in [-0.15, -0.1) is 0 Å². The first-order valence-corrected chi connectivity index (χ1v) is 44.3. The van der Waals surface area contributed by atoms with Crippen molar-refractivity contribution in [1.29, 1.82) is 0 Å². The van der Waals surface area contributed by atoms with E-state index >= 15 is 0 Å². The second-order valence-corrected chi connectivity index (χ2v) is 34.9. The molecule has 0 unspecified atom stereocenters. The first-order chi connectivity index (χ1) is 54.9. The zero-order chi connectivity index (χ0) is 82.2. The Labute approximate surface area is 695 Å². The first kappa shape index (κ1) is 94.0. The highest BCUT2D eigenvalue weighted by Crippen LogP contribution is 2.28. The number of hydrogen-bond acceptors (Lipinski definition) is 10. The number of ether oxygens (including phenoxy) is 4. The average Bonchev–Trinajstić information content (AvgIpc) is 1.08. The van der Waals surface area contributed by atoms with E-state index in [1.54, 1.807) is 7.11 Å². The van der Waals surface area contributed by atoms with Crippen LogP contribution in [0.4, 0.5) is 11.4 Å². The molecule has 624 valence electrons. The third-order valence-corrected chi connectivity index (χ3v) is 22.9. The lowest BCUT2D eigenvalue weighted by atomic mass is 10.0. The highest BCUT2D eigenvalue weighted by Gasteiger charge is 2.18. The molecule has 14 rings (SSSR count). The number of likely N-dealkylation sites (tertiary alicyclic amines) is 2. The monoisotopic (exact) mass is 1550 g/mol. The van der Waals surface area contributed by atoms with Crippen molar-refractivity contribution < 1.29 is 18.9 Å². The number of rotatable bonds is 20. The SMILES string of the molecule is CC(C)c1ccc(CCN2CCOCC2)cc1.CC(C)c1ccc(CN2CCCC2)cc1.CC(C)c1ccc(CN2CCOCC2)cc1.CC(C)c1cccc(CN2CCCC2)c1.CC(C)c1cccc(N2CCCC2)c1.CC(C)c1cccc(N2CCOCC2)c1.COc1cc(C(C)C)ccc1C.Cc1ccc(C(C)C)cc1. The van der Waals surface area contributed by atoms with Crippen LogP contribution in [0, 0.1) is 13.8 Å². The van der Waals surface area contributed by atoms with Gasteiger partial charge in [0.2, 0.25) is 0 Å². The largest absolute Gasteiger partial charge is 0.496 e. The molecular weight excluding hydrogens is 1400 g/mol.